The highest BCUT2D eigenvalue weighted by Crippen LogP contribution is 2.21. The lowest BCUT2D eigenvalue weighted by Crippen LogP contribution is -2.44. The normalized spacial score (nSPS) is 29.2. The second-order valence-electron chi connectivity index (χ2n) is 3.73. The van der Waals surface area contributed by atoms with Gasteiger partial charge in [0.25, 0.3) is 0 Å². The first-order valence-electron chi connectivity index (χ1n) is 4.68. The van der Waals surface area contributed by atoms with E-state index in [-0.39, 0.29) is 11.5 Å². The highest BCUT2D eigenvalue weighted by Gasteiger charge is 2.35. The topological polar surface area (TPSA) is 55.6 Å². The molecule has 4 heteroatoms. The molecule has 1 aliphatic rings. The number of likely N-dealkylation sites (N-methyl/N-ethyl adjacent to an activating group) is 1. The van der Waals surface area contributed by atoms with Crippen LogP contribution in [0.3, 0.4) is 0 Å². The smallest absolute Gasteiger partial charge is 0.307 e. The number of nitrogens with two attached hydrogens (primary N) is 1. The molecule has 0 radical (unpaired) electrons. The summed E-state index contributed by atoms with van der Waals surface area (Å²) in [6.07, 6.45) is 1.22. The predicted molar refractivity (Wildman–Crippen MR) is 50.3 cm³/mol. The van der Waals surface area contributed by atoms with Crippen LogP contribution in [0.4, 0.5) is 0 Å². The summed E-state index contributed by atoms with van der Waals surface area (Å²) in [6.45, 7) is 4.90. The van der Waals surface area contributed by atoms with Gasteiger partial charge < -0.3 is 15.4 Å². The quantitative estimate of drug-likeness (QED) is 0.629. The molecule has 1 saturated heterocycles. The van der Waals surface area contributed by atoms with E-state index in [0.717, 1.165) is 26.1 Å². The fourth-order valence-corrected chi connectivity index (χ4v) is 1.76. The Bertz CT molecular complexity index is 196. The fourth-order valence-electron chi connectivity index (χ4n) is 1.76. The maximum atomic E-state index is 11.0. The standard InChI is InChI=1S/C9H18N2O2/c1-3-11-5-4-9(10,7-11)6-8(12)13-2/h3-7,10H2,1-2H3. The monoisotopic (exact) mass is 186 g/mol. The number of esters is 1. The summed E-state index contributed by atoms with van der Waals surface area (Å²) in [7, 11) is 1.40. The van der Waals surface area contributed by atoms with Crippen molar-refractivity contribution >= 4 is 5.97 Å². The minimum absolute atomic E-state index is 0.208. The molecule has 76 valence electrons. The second-order valence-corrected chi connectivity index (χ2v) is 3.73. The molecule has 0 aliphatic carbocycles. The van der Waals surface area contributed by atoms with Crippen molar-refractivity contribution in [1.82, 2.24) is 4.90 Å². The van der Waals surface area contributed by atoms with E-state index in [2.05, 4.69) is 16.6 Å². The molecule has 0 aromatic rings. The van der Waals surface area contributed by atoms with Gasteiger partial charge in [0, 0.05) is 18.6 Å². The minimum atomic E-state index is -0.358. The van der Waals surface area contributed by atoms with E-state index in [4.69, 9.17) is 5.73 Å². The van der Waals surface area contributed by atoms with Crippen molar-refractivity contribution in [2.45, 2.75) is 25.3 Å². The number of likely N-dealkylation sites (tertiary alicyclic amines) is 1. The van der Waals surface area contributed by atoms with Gasteiger partial charge in [-0.1, -0.05) is 6.92 Å². The molecule has 1 heterocycles. The molecule has 2 N–H and O–H groups in total. The second kappa shape index (κ2) is 4.07. The van der Waals surface area contributed by atoms with Gasteiger partial charge in [-0.3, -0.25) is 4.79 Å². The molecule has 1 fully saturated rings. The third kappa shape index (κ3) is 2.67. The summed E-state index contributed by atoms with van der Waals surface area (Å²) < 4.78 is 4.61. The van der Waals surface area contributed by atoms with Crippen molar-refractivity contribution in [3.05, 3.63) is 0 Å². The van der Waals surface area contributed by atoms with Gasteiger partial charge in [0.15, 0.2) is 0 Å². The zero-order valence-corrected chi connectivity index (χ0v) is 8.38. The van der Waals surface area contributed by atoms with Crippen LogP contribution in [0.2, 0.25) is 0 Å². The lowest BCUT2D eigenvalue weighted by molar-refractivity contribution is -0.141. The van der Waals surface area contributed by atoms with E-state index in [1.165, 1.54) is 7.11 Å². The summed E-state index contributed by atoms with van der Waals surface area (Å²) in [4.78, 5) is 13.3. The Morgan fingerprint density at radius 2 is 2.38 bits per heavy atom. The van der Waals surface area contributed by atoms with Gasteiger partial charge in [0.1, 0.15) is 0 Å². The molecular weight excluding hydrogens is 168 g/mol. The van der Waals surface area contributed by atoms with Gasteiger partial charge in [-0.2, -0.15) is 0 Å². The Kier molecular flexibility index (Phi) is 3.27. The summed E-state index contributed by atoms with van der Waals surface area (Å²) in [5.74, 6) is -0.208. The molecule has 0 bridgehead atoms. The predicted octanol–water partition coefficient (Wildman–Crippen LogP) is -0.0274. The van der Waals surface area contributed by atoms with Gasteiger partial charge in [-0.05, 0) is 13.0 Å². The molecule has 1 aliphatic heterocycles. The maximum absolute atomic E-state index is 11.0. The number of carbonyl (C=O) groups excluding carboxylic acids is 1. The number of nitrogens with zero attached hydrogens (tertiary/aromatic N) is 1. The van der Waals surface area contributed by atoms with Crippen molar-refractivity contribution in [2.75, 3.05) is 26.7 Å². The van der Waals surface area contributed by atoms with E-state index in [1.54, 1.807) is 0 Å². The van der Waals surface area contributed by atoms with E-state index in [0.29, 0.717) is 6.42 Å². The van der Waals surface area contributed by atoms with E-state index < -0.39 is 0 Å². The highest BCUT2D eigenvalue weighted by atomic mass is 16.5. The lowest BCUT2D eigenvalue weighted by Gasteiger charge is -2.22. The van der Waals surface area contributed by atoms with Crippen LogP contribution in [0.1, 0.15) is 19.8 Å². The number of hydrogen-bond donors (Lipinski definition) is 1. The summed E-state index contributed by atoms with van der Waals surface area (Å²) >= 11 is 0. The molecule has 0 spiro atoms. The van der Waals surface area contributed by atoms with Gasteiger partial charge >= 0.3 is 5.97 Å². The third-order valence-corrected chi connectivity index (χ3v) is 2.64. The molecule has 1 unspecified atom stereocenters. The summed E-state index contributed by atoms with van der Waals surface area (Å²) in [5.41, 5.74) is 5.70. The molecule has 0 aromatic heterocycles. The first-order valence-corrected chi connectivity index (χ1v) is 4.68. The van der Waals surface area contributed by atoms with Gasteiger partial charge in [0.2, 0.25) is 0 Å². The average Bonchev–Trinajstić information content (AvgIpc) is 2.47. The lowest BCUT2D eigenvalue weighted by atomic mass is 9.96. The van der Waals surface area contributed by atoms with Crippen LogP contribution in [-0.4, -0.2) is 43.2 Å². The number of hydrogen-bond acceptors (Lipinski definition) is 4. The van der Waals surface area contributed by atoms with Crippen molar-refractivity contribution in [1.29, 1.82) is 0 Å². The van der Waals surface area contributed by atoms with Crippen LogP contribution in [0.25, 0.3) is 0 Å². The molecule has 0 saturated carbocycles. The SMILES string of the molecule is CCN1CCC(N)(CC(=O)OC)C1. The largest absolute Gasteiger partial charge is 0.469 e. The summed E-state index contributed by atoms with van der Waals surface area (Å²) in [6, 6.07) is 0. The van der Waals surface area contributed by atoms with E-state index in [1.807, 2.05) is 0 Å². The van der Waals surface area contributed by atoms with Gasteiger partial charge in [-0.25, -0.2) is 0 Å². The molecule has 4 nitrogen and oxygen atoms in total. The molecular formula is C9H18N2O2. The Morgan fingerprint density at radius 1 is 1.69 bits per heavy atom. The molecule has 1 atom stereocenters. The van der Waals surface area contributed by atoms with E-state index in [9.17, 15) is 4.79 Å². The van der Waals surface area contributed by atoms with Crippen LogP contribution < -0.4 is 5.73 Å². The zero-order valence-electron chi connectivity index (χ0n) is 8.38. The molecule has 0 aromatic carbocycles. The van der Waals surface area contributed by atoms with E-state index >= 15 is 0 Å². The van der Waals surface area contributed by atoms with Crippen LogP contribution in [0.15, 0.2) is 0 Å². The fraction of sp³-hybridized carbons (Fsp3) is 0.889. The Labute approximate surface area is 79.0 Å². The van der Waals surface area contributed by atoms with Crippen LogP contribution in [0, 0.1) is 0 Å². The Hall–Kier alpha value is -0.610. The summed E-state index contributed by atoms with van der Waals surface area (Å²) in [5, 5.41) is 0. The van der Waals surface area contributed by atoms with Gasteiger partial charge in [-0.15, -0.1) is 0 Å². The third-order valence-electron chi connectivity index (χ3n) is 2.64. The average molecular weight is 186 g/mol. The minimum Gasteiger partial charge on any atom is -0.469 e. The molecule has 0 amide bonds. The zero-order chi connectivity index (χ0) is 9.90. The van der Waals surface area contributed by atoms with Crippen LogP contribution in [-0.2, 0) is 9.53 Å². The van der Waals surface area contributed by atoms with Crippen molar-refractivity contribution < 1.29 is 9.53 Å². The van der Waals surface area contributed by atoms with Gasteiger partial charge in [0.05, 0.1) is 13.5 Å². The van der Waals surface area contributed by atoms with Crippen molar-refractivity contribution in [2.24, 2.45) is 5.73 Å². The Balaban J connectivity index is 2.44. The number of ether oxygens (including phenoxy) is 1. The molecule has 13 heavy (non-hydrogen) atoms. The highest BCUT2D eigenvalue weighted by molar-refractivity contribution is 5.70. The van der Waals surface area contributed by atoms with Crippen LogP contribution >= 0.6 is 0 Å². The Morgan fingerprint density at radius 3 is 2.85 bits per heavy atom. The number of rotatable bonds is 3. The number of carbonyl (C=O) groups is 1. The maximum Gasteiger partial charge on any atom is 0.307 e. The number of methoxy groups -OCH3 is 1. The van der Waals surface area contributed by atoms with Crippen molar-refractivity contribution in [3.8, 4) is 0 Å². The first-order chi connectivity index (χ1) is 6.09. The van der Waals surface area contributed by atoms with Crippen LogP contribution in [0.5, 0.6) is 0 Å². The molecule has 1 rings (SSSR count). The first kappa shape index (κ1) is 10.5. The van der Waals surface area contributed by atoms with Crippen molar-refractivity contribution in [3.63, 3.8) is 0 Å².